The average Bonchev–Trinajstić information content (AvgIpc) is 0.722. The van der Waals surface area contributed by atoms with Crippen LogP contribution >= 0.6 is 0 Å². The number of esters is 3. The summed E-state index contributed by atoms with van der Waals surface area (Å²) in [5.41, 5.74) is -4.46. The molecule has 13 nitrogen and oxygen atoms in total. The van der Waals surface area contributed by atoms with Crippen molar-refractivity contribution in [2.45, 2.75) is 238 Å². The van der Waals surface area contributed by atoms with Crippen LogP contribution in [0.2, 0.25) is 0 Å². The number of aliphatic hydroxyl groups is 3. The van der Waals surface area contributed by atoms with Gasteiger partial charge in [0.2, 0.25) is 0 Å². The van der Waals surface area contributed by atoms with E-state index in [9.17, 15) is 52.1 Å². The van der Waals surface area contributed by atoms with Crippen LogP contribution in [0.4, 0.5) is 17.6 Å². The van der Waals surface area contributed by atoms with Crippen molar-refractivity contribution in [1.29, 1.82) is 0 Å². The summed E-state index contributed by atoms with van der Waals surface area (Å²) in [5.74, 6) is -7.83. The van der Waals surface area contributed by atoms with Crippen LogP contribution in [0, 0.1) is 73.5 Å². The maximum absolute atomic E-state index is 13.7. The first-order chi connectivity index (χ1) is 55.5. The molecule has 8 unspecified atom stereocenters. The molecule has 16 aliphatic carbocycles. The second-order valence-corrected chi connectivity index (χ2v) is 43.3. The number of ether oxygens (including phenoxy) is 5. The van der Waals surface area contributed by atoms with Gasteiger partial charge in [-0.05, 0) is 189 Å². The predicted molar refractivity (Wildman–Crippen MR) is 466 cm³/mol. The van der Waals surface area contributed by atoms with Crippen LogP contribution in [0.25, 0.3) is 0 Å². The van der Waals surface area contributed by atoms with Crippen LogP contribution in [-0.2, 0) is 42.9 Å². The molecule has 23 radical (unpaired) electrons. The molecule has 0 aliphatic heterocycles. The Morgan fingerprint density at radius 2 is 0.729 bits per heavy atom. The summed E-state index contributed by atoms with van der Waals surface area (Å²) in [6.45, 7) is 4.82. The van der Waals surface area contributed by atoms with E-state index in [-0.39, 0.29) is 85.0 Å². The van der Waals surface area contributed by atoms with E-state index >= 15 is 0 Å². The molecule has 595 valence electrons. The monoisotopic (exact) mass is 1800 g/mol. The molecule has 40 heteroatoms. The fourth-order valence-corrected chi connectivity index (χ4v) is 29.0. The first-order valence-corrected chi connectivity index (χ1v) is 46.5. The molecular weight excluding hydrogens is 1700 g/mol. The number of carbonyl (C=O) groups is 4. The zero-order valence-corrected chi connectivity index (χ0v) is 72.9. The van der Waals surface area contributed by atoms with E-state index < -0.39 is 120 Å². The van der Waals surface area contributed by atoms with Crippen LogP contribution in [0.15, 0.2) is 121 Å². The molecule has 4 N–H and O–H groups in total. The molecule has 16 aliphatic rings. The van der Waals surface area contributed by atoms with Crippen molar-refractivity contribution >= 4 is 174 Å². The molecule has 0 aromatic heterocycles. The first kappa shape index (κ1) is 95.8. The van der Waals surface area contributed by atoms with E-state index in [1.165, 1.54) is 27.8 Å². The molecule has 16 bridgehead atoms. The van der Waals surface area contributed by atoms with Crippen molar-refractivity contribution in [2.75, 3.05) is 13.2 Å². The Morgan fingerprint density at radius 1 is 0.424 bits per heavy atom. The van der Waals surface area contributed by atoms with Crippen LogP contribution in [0.1, 0.15) is 182 Å². The summed E-state index contributed by atoms with van der Waals surface area (Å²) in [6, 6.07) is 42.8. The van der Waals surface area contributed by atoms with Gasteiger partial charge in [0.15, 0.2) is 0 Å². The third-order valence-corrected chi connectivity index (χ3v) is 33.3. The molecule has 0 amide bonds. The van der Waals surface area contributed by atoms with Gasteiger partial charge in [-0.25, -0.2) is 19.2 Å². The Labute approximate surface area is 737 Å². The van der Waals surface area contributed by atoms with Crippen LogP contribution in [0.3, 0.4) is 0 Å². The molecule has 118 heavy (non-hydrogen) atoms. The zero-order chi connectivity index (χ0) is 85.8. The van der Waals surface area contributed by atoms with E-state index in [0.717, 1.165) is 116 Å². The summed E-state index contributed by atoms with van der Waals surface area (Å²) < 4.78 is 86.2. The standard InChI is InChI=1S/C27H38F2O6.C24H36O5.2C12H10I.C3H4F2O2.B21/c1-3-27(35-22(31)23(2,28)29)19-5-16-6-20(27)13-25(9-16,12-19)33-14-21(30)34-26-10-17-4-18(11-26)8-24(32,7-17)15-26;1-2-24(27)18-4-15-5-19(24)12-22(8-15,11-18)28-13-20(25)29-23-9-16-3-17(10-23)7-21(26,6-16)14-23;2*1-3-7-11(8-4-1)13-12-9-5-2-6-10-12;1-3(4,5)2(6)7;1-12-18(13(2)3)21(19(14(4)5)15(6)7)20(16(8)9)17(10)11/h16-20,32H,3-15H2,1-2H3;15-19,26-27H,2-14H2,1H3;2*1-10H;1H3,(H,6,7);/q;;2*-1;;. The van der Waals surface area contributed by atoms with Crippen LogP contribution in [0.5, 0.6) is 0 Å². The predicted octanol–water partition coefficient (Wildman–Crippen LogP) is 0.265. The molecular formula is C78H98B21F4I2O13-2. The number of carbonyl (C=O) groups excluding carboxylic acids is 3. The summed E-state index contributed by atoms with van der Waals surface area (Å²) in [6.07, 6.45) is 13.7. The number of benzene rings is 4. The van der Waals surface area contributed by atoms with Gasteiger partial charge in [-0.3, -0.25) is 0 Å². The second kappa shape index (κ2) is 39.6. The Hall–Kier alpha value is -2.90. The topological polar surface area (TPSA) is 195 Å². The third kappa shape index (κ3) is 23.5. The van der Waals surface area contributed by atoms with E-state index in [1.807, 2.05) is 6.92 Å². The van der Waals surface area contributed by atoms with E-state index in [1.54, 1.807) is 0 Å². The molecule has 0 heterocycles. The first-order valence-electron chi connectivity index (χ1n) is 42.2. The number of hydrogen-bond acceptors (Lipinski definition) is 12. The van der Waals surface area contributed by atoms with Gasteiger partial charge < -0.3 is 44.1 Å². The van der Waals surface area contributed by atoms with Crippen molar-refractivity contribution in [2.24, 2.45) is 59.2 Å². The summed E-state index contributed by atoms with van der Waals surface area (Å²) in [4.78, 5) is 47.2. The van der Waals surface area contributed by atoms with Gasteiger partial charge >= 0.3 is 214 Å². The number of carboxylic acids is 1. The number of hydrogen-bond donors (Lipinski definition) is 4. The molecule has 0 spiro atoms. The summed E-state index contributed by atoms with van der Waals surface area (Å²) in [7, 11) is 64.8. The van der Waals surface area contributed by atoms with Gasteiger partial charge in [0.05, 0.1) is 28.0 Å². The maximum atomic E-state index is 13.7. The molecule has 16 saturated carbocycles. The molecule has 8 atom stereocenters. The minimum atomic E-state index is -3.58. The molecule has 20 rings (SSSR count). The number of alkyl halides is 4. The molecule has 16 fully saturated rings. The van der Waals surface area contributed by atoms with Gasteiger partial charge in [0.1, 0.15) is 30.0 Å². The van der Waals surface area contributed by atoms with Crippen LogP contribution < -0.4 is 42.4 Å². The van der Waals surface area contributed by atoms with Crippen LogP contribution in [-0.4, -0.2) is 264 Å². The minimum absolute atomic E-state index is 0.0201. The number of rotatable bonds is 26. The Bertz CT molecular complexity index is 3730. The molecule has 4 aromatic carbocycles. The zero-order valence-electron chi connectivity index (χ0n) is 68.6. The van der Waals surface area contributed by atoms with Crippen molar-refractivity contribution in [3.8, 4) is 0 Å². The second-order valence-electron chi connectivity index (χ2n) is 37.2. The van der Waals surface area contributed by atoms with E-state index in [4.69, 9.17) is 114 Å². The molecule has 4 aromatic rings. The van der Waals surface area contributed by atoms with Gasteiger partial charge in [0, 0.05) is 188 Å². The fraction of sp³-hybridized carbons (Fsp3) is 0.641. The van der Waals surface area contributed by atoms with Crippen molar-refractivity contribution in [3.63, 3.8) is 0 Å². The number of aliphatic carboxylic acids is 1. The summed E-state index contributed by atoms with van der Waals surface area (Å²) >= 11 is 0.0574. The summed E-state index contributed by atoms with van der Waals surface area (Å²) in [5, 5.41) is 40.5. The van der Waals surface area contributed by atoms with Crippen molar-refractivity contribution in [3.05, 3.63) is 136 Å². The van der Waals surface area contributed by atoms with Gasteiger partial charge in [-0.1, -0.05) is 13.8 Å². The molecule has 0 saturated heterocycles. The van der Waals surface area contributed by atoms with E-state index in [2.05, 4.69) is 128 Å². The van der Waals surface area contributed by atoms with Gasteiger partial charge in [-0.2, -0.15) is 17.6 Å². The van der Waals surface area contributed by atoms with Crippen molar-refractivity contribution in [1.82, 2.24) is 0 Å². The quantitative estimate of drug-likeness (QED) is 0.0220. The normalized spacial score (nSPS) is 33.1. The third-order valence-electron chi connectivity index (χ3n) is 28.0. The number of carboxylic acid groups (broad SMARTS) is 1. The number of halogens is 6. The Morgan fingerprint density at radius 3 is 0.992 bits per heavy atom. The van der Waals surface area contributed by atoms with E-state index in [0.29, 0.717) is 93.3 Å². The Kier molecular flexibility index (Phi) is 32.1. The SMILES string of the molecule is CC(F)(F)C(=O)O.CCC1(O)C2CC3CC1CC(OCC(=O)OC14CC5CC(CC(O)(C5)C1)C4)(C3)C2.CCC1(OC(=O)C(C)(F)F)C2CC3CC1CC(OCC(=O)OC14CC5CC(CC(O)(C5)C1)C4)(C3)C2.[B][B]B(B([B])[B])B(B(B([B])[B])B([B])[B])B(B([B])[B])B([B])[B].c1ccc([I-]c2ccccc2)cc1.c1ccc([I-]c2ccccc2)cc1. The van der Waals surface area contributed by atoms with Gasteiger partial charge in [-0.15, -0.1) is 0 Å². The van der Waals surface area contributed by atoms with Crippen molar-refractivity contribution < 1.29 is 123 Å². The Balaban J connectivity index is 0.000000148. The van der Waals surface area contributed by atoms with Gasteiger partial charge in [0.25, 0.3) is 0 Å². The average molecular weight is 1800 g/mol. The fourth-order valence-electron chi connectivity index (χ4n) is 24.5.